The van der Waals surface area contributed by atoms with Crippen LogP contribution in [0, 0.1) is 0 Å². The molecule has 5 heteroatoms. The SMILES string of the molecule is C=CS(=O)(=O)CCN1CC(C)OC(C)C1C. The maximum absolute atomic E-state index is 11.3. The Labute approximate surface area is 98.2 Å². The molecule has 0 amide bonds. The van der Waals surface area contributed by atoms with Crippen molar-refractivity contribution in [1.29, 1.82) is 0 Å². The number of hydrogen-bond acceptors (Lipinski definition) is 4. The first-order valence-corrected chi connectivity index (χ1v) is 7.32. The lowest BCUT2D eigenvalue weighted by molar-refractivity contribution is -0.0970. The highest BCUT2D eigenvalue weighted by Gasteiger charge is 2.29. The van der Waals surface area contributed by atoms with E-state index in [1.165, 1.54) is 0 Å². The largest absolute Gasteiger partial charge is 0.373 e. The zero-order chi connectivity index (χ0) is 12.3. The number of sulfone groups is 1. The van der Waals surface area contributed by atoms with E-state index in [4.69, 9.17) is 4.74 Å². The number of nitrogens with zero attached hydrogens (tertiary/aromatic N) is 1. The molecule has 3 unspecified atom stereocenters. The third kappa shape index (κ3) is 3.57. The zero-order valence-corrected chi connectivity index (χ0v) is 11.0. The van der Waals surface area contributed by atoms with Crippen LogP contribution in [-0.4, -0.2) is 50.4 Å². The van der Waals surface area contributed by atoms with E-state index >= 15 is 0 Å². The van der Waals surface area contributed by atoms with Crippen LogP contribution >= 0.6 is 0 Å². The van der Waals surface area contributed by atoms with Crippen LogP contribution in [0.3, 0.4) is 0 Å². The van der Waals surface area contributed by atoms with Gasteiger partial charge in [0, 0.05) is 24.5 Å². The Morgan fingerprint density at radius 2 is 2.06 bits per heavy atom. The molecule has 1 rings (SSSR count). The summed E-state index contributed by atoms with van der Waals surface area (Å²) >= 11 is 0. The average Bonchev–Trinajstić information content (AvgIpc) is 2.21. The van der Waals surface area contributed by atoms with Crippen LogP contribution in [0.4, 0.5) is 0 Å². The summed E-state index contributed by atoms with van der Waals surface area (Å²) in [4.78, 5) is 2.17. The Bertz CT molecular complexity index is 339. The molecule has 0 aromatic rings. The molecule has 1 heterocycles. The summed E-state index contributed by atoms with van der Waals surface area (Å²) in [5, 5.41) is 1.03. The summed E-state index contributed by atoms with van der Waals surface area (Å²) in [5.41, 5.74) is 0. The lowest BCUT2D eigenvalue weighted by atomic mass is 10.1. The fourth-order valence-electron chi connectivity index (χ4n) is 1.94. The van der Waals surface area contributed by atoms with Crippen molar-refractivity contribution in [3.8, 4) is 0 Å². The molecule has 0 radical (unpaired) electrons. The van der Waals surface area contributed by atoms with Crippen LogP contribution in [0.15, 0.2) is 12.0 Å². The number of ether oxygens (including phenoxy) is 1. The first-order valence-electron chi connectivity index (χ1n) is 5.60. The first-order chi connectivity index (χ1) is 7.35. The maximum atomic E-state index is 11.3. The summed E-state index contributed by atoms with van der Waals surface area (Å²) in [6.45, 7) is 10.8. The van der Waals surface area contributed by atoms with Crippen LogP contribution in [0.25, 0.3) is 0 Å². The summed E-state index contributed by atoms with van der Waals surface area (Å²) in [6.07, 6.45) is 0.313. The molecular weight excluding hydrogens is 226 g/mol. The quantitative estimate of drug-likeness (QED) is 0.745. The molecule has 1 saturated heterocycles. The molecule has 3 atom stereocenters. The van der Waals surface area contributed by atoms with Crippen molar-refractivity contribution in [3.05, 3.63) is 12.0 Å². The van der Waals surface area contributed by atoms with Crippen molar-refractivity contribution in [3.63, 3.8) is 0 Å². The van der Waals surface area contributed by atoms with E-state index in [9.17, 15) is 8.42 Å². The van der Waals surface area contributed by atoms with Crippen LogP contribution in [0.1, 0.15) is 20.8 Å². The second-order valence-corrected chi connectivity index (χ2v) is 6.49. The monoisotopic (exact) mass is 247 g/mol. The Kier molecular flexibility index (Phi) is 4.52. The molecule has 1 fully saturated rings. The van der Waals surface area contributed by atoms with Gasteiger partial charge in [0.1, 0.15) is 0 Å². The predicted molar refractivity (Wildman–Crippen MR) is 65.0 cm³/mol. The van der Waals surface area contributed by atoms with Gasteiger partial charge in [-0.1, -0.05) is 6.58 Å². The molecule has 94 valence electrons. The zero-order valence-electron chi connectivity index (χ0n) is 10.2. The highest BCUT2D eigenvalue weighted by Crippen LogP contribution is 2.17. The Morgan fingerprint density at radius 1 is 1.44 bits per heavy atom. The molecule has 0 bridgehead atoms. The van der Waals surface area contributed by atoms with Gasteiger partial charge in [-0.05, 0) is 20.8 Å². The fourth-order valence-corrected chi connectivity index (χ4v) is 2.59. The lowest BCUT2D eigenvalue weighted by Gasteiger charge is -2.41. The molecule has 4 nitrogen and oxygen atoms in total. The van der Waals surface area contributed by atoms with Crippen LogP contribution in [0.5, 0.6) is 0 Å². The third-order valence-corrected chi connectivity index (χ3v) is 4.37. The van der Waals surface area contributed by atoms with Gasteiger partial charge in [0.25, 0.3) is 0 Å². The van der Waals surface area contributed by atoms with E-state index in [-0.39, 0.29) is 24.0 Å². The smallest absolute Gasteiger partial charge is 0.172 e. The Morgan fingerprint density at radius 3 is 2.62 bits per heavy atom. The Hall–Kier alpha value is -0.390. The van der Waals surface area contributed by atoms with Crippen molar-refractivity contribution in [1.82, 2.24) is 4.90 Å². The second kappa shape index (κ2) is 5.29. The number of morpholine rings is 1. The molecule has 0 aliphatic carbocycles. The van der Waals surface area contributed by atoms with Gasteiger partial charge in [0.2, 0.25) is 0 Å². The van der Waals surface area contributed by atoms with Gasteiger partial charge in [0.05, 0.1) is 18.0 Å². The topological polar surface area (TPSA) is 46.6 Å². The first kappa shape index (κ1) is 13.7. The van der Waals surface area contributed by atoms with Crippen LogP contribution in [0.2, 0.25) is 0 Å². The summed E-state index contributed by atoms with van der Waals surface area (Å²) in [6, 6.07) is 0.260. The van der Waals surface area contributed by atoms with Crippen molar-refractivity contribution < 1.29 is 13.2 Å². The van der Waals surface area contributed by atoms with Crippen LogP contribution < -0.4 is 0 Å². The molecule has 0 aromatic heterocycles. The number of rotatable bonds is 4. The van der Waals surface area contributed by atoms with Gasteiger partial charge in [0.15, 0.2) is 9.84 Å². The van der Waals surface area contributed by atoms with Gasteiger partial charge in [-0.25, -0.2) is 8.42 Å². The van der Waals surface area contributed by atoms with Crippen molar-refractivity contribution in [2.45, 2.75) is 39.0 Å². The second-order valence-electron chi connectivity index (χ2n) is 4.42. The molecule has 0 aromatic carbocycles. The van der Waals surface area contributed by atoms with Crippen LogP contribution in [-0.2, 0) is 14.6 Å². The molecule has 16 heavy (non-hydrogen) atoms. The predicted octanol–water partition coefficient (Wildman–Crippen LogP) is 1.04. The fraction of sp³-hybridized carbons (Fsp3) is 0.818. The third-order valence-electron chi connectivity index (χ3n) is 3.11. The molecule has 1 aliphatic rings. The summed E-state index contributed by atoms with van der Waals surface area (Å²) < 4.78 is 28.3. The standard InChI is InChI=1S/C11H21NO3S/c1-5-16(13,14)7-6-12-8-9(2)15-11(4)10(12)3/h5,9-11H,1,6-8H2,2-4H3. The van der Waals surface area contributed by atoms with Gasteiger partial charge < -0.3 is 4.74 Å². The normalized spacial score (nSPS) is 32.6. The summed E-state index contributed by atoms with van der Waals surface area (Å²) in [7, 11) is -3.10. The molecule has 0 spiro atoms. The van der Waals surface area contributed by atoms with E-state index in [0.717, 1.165) is 12.0 Å². The molecular formula is C11H21NO3S. The van der Waals surface area contributed by atoms with E-state index < -0.39 is 9.84 Å². The van der Waals surface area contributed by atoms with E-state index in [2.05, 4.69) is 18.4 Å². The molecule has 0 saturated carbocycles. The van der Waals surface area contributed by atoms with Crippen molar-refractivity contribution >= 4 is 9.84 Å². The highest BCUT2D eigenvalue weighted by atomic mass is 32.2. The van der Waals surface area contributed by atoms with Crippen molar-refractivity contribution in [2.75, 3.05) is 18.8 Å². The molecule has 1 aliphatic heterocycles. The van der Waals surface area contributed by atoms with Gasteiger partial charge >= 0.3 is 0 Å². The number of hydrogen-bond donors (Lipinski definition) is 0. The minimum Gasteiger partial charge on any atom is -0.373 e. The van der Waals surface area contributed by atoms with Crippen molar-refractivity contribution in [2.24, 2.45) is 0 Å². The minimum absolute atomic E-state index is 0.139. The van der Waals surface area contributed by atoms with E-state index in [1.54, 1.807) is 0 Å². The maximum Gasteiger partial charge on any atom is 0.172 e. The van der Waals surface area contributed by atoms with E-state index in [1.807, 2.05) is 13.8 Å². The minimum atomic E-state index is -3.10. The Balaban J connectivity index is 2.56. The molecule has 0 N–H and O–H groups in total. The average molecular weight is 247 g/mol. The lowest BCUT2D eigenvalue weighted by Crippen LogP contribution is -2.52. The van der Waals surface area contributed by atoms with Gasteiger partial charge in [-0.2, -0.15) is 0 Å². The highest BCUT2D eigenvalue weighted by molar-refractivity contribution is 7.94. The van der Waals surface area contributed by atoms with Gasteiger partial charge in [-0.15, -0.1) is 0 Å². The van der Waals surface area contributed by atoms with E-state index in [0.29, 0.717) is 6.54 Å². The summed E-state index contributed by atoms with van der Waals surface area (Å²) in [5.74, 6) is 0.139. The van der Waals surface area contributed by atoms with Gasteiger partial charge in [-0.3, -0.25) is 4.90 Å².